The summed E-state index contributed by atoms with van der Waals surface area (Å²) in [5, 5.41) is 0. The summed E-state index contributed by atoms with van der Waals surface area (Å²) < 4.78 is 26.1. The molecule has 162 valence electrons. The van der Waals surface area contributed by atoms with Crippen molar-refractivity contribution < 1.29 is 13.9 Å². The maximum atomic E-state index is 14.7. The first-order chi connectivity index (χ1) is 14.8. The minimum Gasteiger partial charge on any atom is -0.497 e. The van der Waals surface area contributed by atoms with Crippen LogP contribution in [0.2, 0.25) is 0 Å². The van der Waals surface area contributed by atoms with Crippen LogP contribution in [0.25, 0.3) is 11.1 Å². The van der Waals surface area contributed by atoms with Crippen LogP contribution in [0.4, 0.5) is 4.39 Å². The second-order valence-corrected chi connectivity index (χ2v) is 9.40. The normalized spacial score (nSPS) is 13.6. The van der Waals surface area contributed by atoms with Crippen molar-refractivity contribution in [2.24, 2.45) is 0 Å². The second kappa shape index (κ2) is 8.74. The van der Waals surface area contributed by atoms with E-state index in [1.165, 1.54) is 36.5 Å². The third-order valence-electron chi connectivity index (χ3n) is 6.08. The lowest BCUT2D eigenvalue weighted by Crippen LogP contribution is -2.14. The molecule has 31 heavy (non-hydrogen) atoms. The Morgan fingerprint density at radius 1 is 0.806 bits per heavy atom. The fourth-order valence-corrected chi connectivity index (χ4v) is 4.34. The maximum absolute atomic E-state index is 14.7. The number of hydrogen-bond acceptors (Lipinski definition) is 2. The number of hydrogen-bond donors (Lipinski definition) is 0. The third kappa shape index (κ3) is 4.76. The monoisotopic (exact) mass is 418 g/mol. The van der Waals surface area contributed by atoms with Gasteiger partial charge in [0.15, 0.2) is 0 Å². The van der Waals surface area contributed by atoms with E-state index < -0.39 is 0 Å². The van der Waals surface area contributed by atoms with E-state index in [-0.39, 0.29) is 11.2 Å². The van der Waals surface area contributed by atoms with Gasteiger partial charge in [-0.15, -0.1) is 0 Å². The summed E-state index contributed by atoms with van der Waals surface area (Å²) in [5.74, 6) is 1.32. The first-order valence-electron chi connectivity index (χ1n) is 11.1. The molecule has 0 aliphatic heterocycles. The first-order valence-corrected chi connectivity index (χ1v) is 11.1. The fraction of sp³-hybridized carbons (Fsp3) is 0.357. The topological polar surface area (TPSA) is 18.5 Å². The van der Waals surface area contributed by atoms with Crippen molar-refractivity contribution >= 4 is 0 Å². The second-order valence-electron chi connectivity index (χ2n) is 9.40. The van der Waals surface area contributed by atoms with Crippen molar-refractivity contribution in [1.29, 1.82) is 0 Å². The van der Waals surface area contributed by atoms with Gasteiger partial charge in [-0.05, 0) is 89.2 Å². The number of benzene rings is 3. The molecule has 0 radical (unpaired) electrons. The molecule has 0 spiro atoms. The molecule has 0 fully saturated rings. The predicted molar refractivity (Wildman–Crippen MR) is 125 cm³/mol. The summed E-state index contributed by atoms with van der Waals surface area (Å²) in [5.41, 5.74) is 6.35. The quantitative estimate of drug-likeness (QED) is 0.434. The van der Waals surface area contributed by atoms with Gasteiger partial charge >= 0.3 is 0 Å². The predicted octanol–water partition coefficient (Wildman–Crippen LogP) is 7.26. The molecule has 1 aliphatic rings. The van der Waals surface area contributed by atoms with Gasteiger partial charge in [0.1, 0.15) is 23.9 Å². The smallest absolute Gasteiger partial charge is 0.131 e. The molecular formula is C28H31FO2. The highest BCUT2D eigenvalue weighted by molar-refractivity contribution is 5.71. The molecule has 0 saturated heterocycles. The summed E-state index contributed by atoms with van der Waals surface area (Å²) in [7, 11) is 1.60. The average molecular weight is 419 g/mol. The summed E-state index contributed by atoms with van der Waals surface area (Å²) in [6, 6.07) is 17.5. The Kier molecular flexibility index (Phi) is 6.04. The van der Waals surface area contributed by atoms with Crippen LogP contribution in [0.15, 0.2) is 54.6 Å². The van der Waals surface area contributed by atoms with E-state index in [0.717, 1.165) is 28.9 Å². The molecule has 0 saturated carbocycles. The highest BCUT2D eigenvalue weighted by Gasteiger charge is 2.21. The summed E-state index contributed by atoms with van der Waals surface area (Å²) in [6.45, 7) is 6.94. The summed E-state index contributed by atoms with van der Waals surface area (Å²) in [6.07, 6.45) is 4.85. The Hall–Kier alpha value is -2.81. The van der Waals surface area contributed by atoms with Crippen molar-refractivity contribution in [1.82, 2.24) is 0 Å². The molecule has 0 heterocycles. The molecule has 1 aliphatic carbocycles. The standard InChI is InChI=1S/C28H31FO2/c1-28(2,3)26-15-19(9-13-24(26)25-17-22(30-4)12-14-27(25)29)18-31-23-11-10-20-7-5-6-8-21(20)16-23/h9-17H,5-8,18H2,1-4H3. The van der Waals surface area contributed by atoms with Crippen molar-refractivity contribution in [3.8, 4) is 22.6 Å². The zero-order chi connectivity index (χ0) is 22.0. The van der Waals surface area contributed by atoms with Crippen molar-refractivity contribution in [2.75, 3.05) is 7.11 Å². The van der Waals surface area contributed by atoms with E-state index in [2.05, 4.69) is 45.0 Å². The van der Waals surface area contributed by atoms with Crippen molar-refractivity contribution in [3.63, 3.8) is 0 Å². The van der Waals surface area contributed by atoms with Gasteiger partial charge in [-0.3, -0.25) is 0 Å². The highest BCUT2D eigenvalue weighted by Crippen LogP contribution is 2.37. The van der Waals surface area contributed by atoms with Gasteiger partial charge in [0.25, 0.3) is 0 Å². The lowest BCUT2D eigenvalue weighted by molar-refractivity contribution is 0.305. The van der Waals surface area contributed by atoms with Gasteiger partial charge in [0.2, 0.25) is 0 Å². The molecule has 0 unspecified atom stereocenters. The molecule has 3 aromatic rings. The Bertz CT molecular complexity index is 1080. The molecule has 3 aromatic carbocycles. The molecule has 4 rings (SSSR count). The van der Waals surface area contributed by atoms with E-state index in [1.807, 2.05) is 12.1 Å². The Labute approximate surface area is 185 Å². The number of rotatable bonds is 5. The van der Waals surface area contributed by atoms with Gasteiger partial charge in [0.05, 0.1) is 7.11 Å². The van der Waals surface area contributed by atoms with E-state index in [1.54, 1.807) is 19.2 Å². The molecule has 0 bridgehead atoms. The van der Waals surface area contributed by atoms with Crippen LogP contribution < -0.4 is 9.47 Å². The highest BCUT2D eigenvalue weighted by atomic mass is 19.1. The van der Waals surface area contributed by atoms with Crippen LogP contribution in [0.3, 0.4) is 0 Å². The minimum absolute atomic E-state index is 0.146. The lowest BCUT2D eigenvalue weighted by Gasteiger charge is -2.25. The fourth-order valence-electron chi connectivity index (χ4n) is 4.34. The van der Waals surface area contributed by atoms with Gasteiger partial charge in [-0.2, -0.15) is 0 Å². The average Bonchev–Trinajstić information content (AvgIpc) is 2.77. The largest absolute Gasteiger partial charge is 0.497 e. The number of aryl methyl sites for hydroxylation is 2. The lowest BCUT2D eigenvalue weighted by atomic mass is 9.81. The molecule has 0 N–H and O–H groups in total. The van der Waals surface area contributed by atoms with Gasteiger partial charge in [-0.1, -0.05) is 45.0 Å². The molecule has 0 amide bonds. The number of ether oxygens (including phenoxy) is 2. The minimum atomic E-state index is -0.246. The van der Waals surface area contributed by atoms with Crippen molar-refractivity contribution in [3.05, 3.63) is 82.7 Å². The summed E-state index contributed by atoms with van der Waals surface area (Å²) in [4.78, 5) is 0. The SMILES string of the molecule is COc1ccc(F)c(-c2ccc(COc3ccc4c(c3)CCCC4)cc2C(C)(C)C)c1. The zero-order valence-corrected chi connectivity index (χ0v) is 18.9. The number of methoxy groups -OCH3 is 1. The molecule has 0 atom stereocenters. The van der Waals surface area contributed by atoms with E-state index in [0.29, 0.717) is 17.9 Å². The molecule has 2 nitrogen and oxygen atoms in total. The van der Waals surface area contributed by atoms with Gasteiger partial charge in [-0.25, -0.2) is 4.39 Å². The molecule has 0 aromatic heterocycles. The van der Waals surface area contributed by atoms with Crippen LogP contribution >= 0.6 is 0 Å². The van der Waals surface area contributed by atoms with Crippen LogP contribution in [-0.4, -0.2) is 7.11 Å². The van der Waals surface area contributed by atoms with E-state index in [9.17, 15) is 4.39 Å². The van der Waals surface area contributed by atoms with Crippen LogP contribution in [0.5, 0.6) is 11.5 Å². The van der Waals surface area contributed by atoms with Crippen LogP contribution in [-0.2, 0) is 24.9 Å². The third-order valence-corrected chi connectivity index (χ3v) is 6.08. The van der Waals surface area contributed by atoms with Gasteiger partial charge in [0, 0.05) is 5.56 Å². The Morgan fingerprint density at radius 3 is 2.29 bits per heavy atom. The Morgan fingerprint density at radius 2 is 1.55 bits per heavy atom. The molecular weight excluding hydrogens is 387 g/mol. The van der Waals surface area contributed by atoms with Gasteiger partial charge < -0.3 is 9.47 Å². The first kappa shape index (κ1) is 21.4. The summed E-state index contributed by atoms with van der Waals surface area (Å²) >= 11 is 0. The van der Waals surface area contributed by atoms with E-state index >= 15 is 0 Å². The number of halogens is 1. The van der Waals surface area contributed by atoms with Crippen molar-refractivity contribution in [2.45, 2.75) is 58.5 Å². The zero-order valence-electron chi connectivity index (χ0n) is 18.9. The van der Waals surface area contributed by atoms with Crippen LogP contribution in [0.1, 0.15) is 55.9 Å². The van der Waals surface area contributed by atoms with E-state index in [4.69, 9.17) is 9.47 Å². The van der Waals surface area contributed by atoms with Crippen LogP contribution in [0, 0.1) is 5.82 Å². The maximum Gasteiger partial charge on any atom is 0.131 e. The Balaban J connectivity index is 1.62. The number of fused-ring (bicyclic) bond motifs is 1. The molecule has 3 heteroatoms.